The fourth-order valence-corrected chi connectivity index (χ4v) is 5.21. The minimum Gasteiger partial charge on any atom is -0.506 e. The van der Waals surface area contributed by atoms with Crippen LogP contribution in [0.1, 0.15) is 34.5 Å². The fraction of sp³-hybridized carbons (Fsp3) is 0.273. The molecular formula is C22H23N3O4S. The highest BCUT2D eigenvalue weighted by molar-refractivity contribution is 7.89. The highest BCUT2D eigenvalue weighted by Gasteiger charge is 2.28. The molecule has 0 atom stereocenters. The number of hydrogen-bond acceptors (Lipinski definition) is 5. The van der Waals surface area contributed by atoms with Gasteiger partial charge in [0, 0.05) is 18.5 Å². The first kappa shape index (κ1) is 20.3. The van der Waals surface area contributed by atoms with Gasteiger partial charge in [-0.05, 0) is 63.1 Å². The maximum absolute atomic E-state index is 12.9. The van der Waals surface area contributed by atoms with Crippen molar-refractivity contribution in [3.8, 4) is 5.75 Å². The van der Waals surface area contributed by atoms with Crippen molar-refractivity contribution < 1.29 is 18.3 Å². The van der Waals surface area contributed by atoms with Gasteiger partial charge in [-0.3, -0.25) is 9.78 Å². The van der Waals surface area contributed by atoms with Crippen LogP contribution in [0.25, 0.3) is 10.9 Å². The number of aromatic hydroxyl groups is 1. The Morgan fingerprint density at radius 2 is 1.80 bits per heavy atom. The van der Waals surface area contributed by atoms with Crippen LogP contribution in [0.2, 0.25) is 0 Å². The molecule has 2 aromatic carbocycles. The number of carbonyl (C=O) groups is 1. The van der Waals surface area contributed by atoms with Crippen molar-refractivity contribution >= 4 is 32.5 Å². The minimum atomic E-state index is -3.66. The summed E-state index contributed by atoms with van der Waals surface area (Å²) in [6.45, 7) is 4.66. The normalized spacial score (nSPS) is 14.9. The third-order valence-electron chi connectivity index (χ3n) is 5.32. The SMILES string of the molecule is Cc1ccc2nc(C)c(C(=O)Nc3cc(S(=O)(=O)N4CCCC4)ccc3O)cc2c1. The number of anilines is 1. The van der Waals surface area contributed by atoms with Crippen molar-refractivity contribution in [1.29, 1.82) is 0 Å². The quantitative estimate of drug-likeness (QED) is 0.622. The van der Waals surface area contributed by atoms with Gasteiger partial charge < -0.3 is 10.4 Å². The lowest BCUT2D eigenvalue weighted by molar-refractivity contribution is 0.102. The van der Waals surface area contributed by atoms with Gasteiger partial charge in [0.2, 0.25) is 10.0 Å². The van der Waals surface area contributed by atoms with E-state index in [1.54, 1.807) is 13.0 Å². The number of nitrogens with zero attached hydrogens (tertiary/aromatic N) is 2. The van der Waals surface area contributed by atoms with Crippen LogP contribution in [-0.4, -0.2) is 41.8 Å². The Morgan fingerprint density at radius 1 is 1.07 bits per heavy atom. The van der Waals surface area contributed by atoms with E-state index in [4.69, 9.17) is 0 Å². The number of carbonyl (C=O) groups excluding carboxylic acids is 1. The summed E-state index contributed by atoms with van der Waals surface area (Å²) in [4.78, 5) is 17.4. The number of sulfonamides is 1. The standard InChI is InChI=1S/C22H23N3O4S/c1-14-5-7-19-16(11-14)12-18(15(2)23-19)22(27)24-20-13-17(6-8-21(20)26)30(28,29)25-9-3-4-10-25/h5-8,11-13,26H,3-4,9-10H2,1-2H3,(H,24,27). The molecule has 2 N–H and O–H groups in total. The van der Waals surface area contributed by atoms with Gasteiger partial charge in [-0.15, -0.1) is 0 Å². The summed E-state index contributed by atoms with van der Waals surface area (Å²) < 4.78 is 27.0. The van der Waals surface area contributed by atoms with Gasteiger partial charge in [0.05, 0.1) is 27.4 Å². The lowest BCUT2D eigenvalue weighted by Crippen LogP contribution is -2.28. The molecule has 8 heteroatoms. The summed E-state index contributed by atoms with van der Waals surface area (Å²) in [5.74, 6) is -0.666. The topological polar surface area (TPSA) is 99.6 Å². The molecule has 156 valence electrons. The van der Waals surface area contributed by atoms with E-state index in [-0.39, 0.29) is 16.3 Å². The number of phenolic OH excluding ortho intramolecular Hbond substituents is 1. The molecule has 3 aromatic rings. The van der Waals surface area contributed by atoms with E-state index >= 15 is 0 Å². The molecule has 0 unspecified atom stereocenters. The van der Waals surface area contributed by atoms with E-state index in [1.165, 1.54) is 22.5 Å². The van der Waals surface area contributed by atoms with Gasteiger partial charge in [-0.1, -0.05) is 11.6 Å². The van der Waals surface area contributed by atoms with Crippen molar-refractivity contribution in [2.45, 2.75) is 31.6 Å². The first-order valence-corrected chi connectivity index (χ1v) is 11.2. The summed E-state index contributed by atoms with van der Waals surface area (Å²) in [7, 11) is -3.66. The summed E-state index contributed by atoms with van der Waals surface area (Å²) in [5.41, 5.74) is 2.79. The maximum atomic E-state index is 12.9. The van der Waals surface area contributed by atoms with Crippen molar-refractivity contribution in [2.75, 3.05) is 18.4 Å². The monoisotopic (exact) mass is 425 g/mol. The predicted molar refractivity (Wildman–Crippen MR) is 115 cm³/mol. The molecule has 1 amide bonds. The molecule has 1 aliphatic heterocycles. The van der Waals surface area contributed by atoms with Gasteiger partial charge in [0.25, 0.3) is 5.91 Å². The fourth-order valence-electron chi connectivity index (χ4n) is 3.66. The highest BCUT2D eigenvalue weighted by atomic mass is 32.2. The Morgan fingerprint density at radius 3 is 2.53 bits per heavy atom. The molecular weight excluding hydrogens is 402 g/mol. The third kappa shape index (κ3) is 3.76. The summed E-state index contributed by atoms with van der Waals surface area (Å²) in [6.07, 6.45) is 1.66. The Labute approximate surface area is 175 Å². The Hall–Kier alpha value is -2.97. The van der Waals surface area contributed by atoms with Crippen LogP contribution in [0.15, 0.2) is 47.4 Å². The van der Waals surface area contributed by atoms with E-state index in [0.29, 0.717) is 24.3 Å². The second-order valence-corrected chi connectivity index (χ2v) is 9.50. The first-order chi connectivity index (χ1) is 14.3. The van der Waals surface area contributed by atoms with Crippen LogP contribution >= 0.6 is 0 Å². The van der Waals surface area contributed by atoms with E-state index in [9.17, 15) is 18.3 Å². The maximum Gasteiger partial charge on any atom is 0.257 e. The van der Waals surface area contributed by atoms with Gasteiger partial charge in [-0.2, -0.15) is 4.31 Å². The molecule has 30 heavy (non-hydrogen) atoms. The minimum absolute atomic E-state index is 0.0430. The molecule has 7 nitrogen and oxygen atoms in total. The molecule has 1 fully saturated rings. The van der Waals surface area contributed by atoms with Gasteiger partial charge in [-0.25, -0.2) is 8.42 Å². The molecule has 1 aliphatic rings. The molecule has 1 aromatic heterocycles. The van der Waals surface area contributed by atoms with Crippen LogP contribution < -0.4 is 5.32 Å². The highest BCUT2D eigenvalue weighted by Crippen LogP contribution is 2.30. The molecule has 0 spiro atoms. The molecule has 0 aliphatic carbocycles. The Kier molecular flexibility index (Phi) is 5.21. The van der Waals surface area contributed by atoms with Crippen molar-refractivity contribution in [3.63, 3.8) is 0 Å². The number of phenols is 1. The number of pyridine rings is 1. The zero-order valence-corrected chi connectivity index (χ0v) is 17.7. The molecule has 0 radical (unpaired) electrons. The lowest BCUT2D eigenvalue weighted by atomic mass is 10.1. The van der Waals surface area contributed by atoms with E-state index in [1.807, 2.05) is 25.1 Å². The average molecular weight is 426 g/mol. The van der Waals surface area contributed by atoms with E-state index < -0.39 is 15.9 Å². The van der Waals surface area contributed by atoms with Gasteiger partial charge in [0.1, 0.15) is 5.75 Å². The zero-order valence-electron chi connectivity index (χ0n) is 16.8. The van der Waals surface area contributed by atoms with Crippen LogP contribution in [0, 0.1) is 13.8 Å². The van der Waals surface area contributed by atoms with Crippen LogP contribution in [0.5, 0.6) is 5.75 Å². The summed E-state index contributed by atoms with van der Waals surface area (Å²) in [6, 6.07) is 11.5. The van der Waals surface area contributed by atoms with Gasteiger partial charge in [0.15, 0.2) is 0 Å². The second-order valence-electron chi connectivity index (χ2n) is 7.56. The van der Waals surface area contributed by atoms with Crippen LogP contribution in [-0.2, 0) is 10.0 Å². The zero-order chi connectivity index (χ0) is 21.5. The molecule has 0 saturated carbocycles. The predicted octanol–water partition coefficient (Wildman–Crippen LogP) is 3.59. The number of aryl methyl sites for hydroxylation is 2. The summed E-state index contributed by atoms with van der Waals surface area (Å²) >= 11 is 0. The second kappa shape index (κ2) is 7.70. The number of benzene rings is 2. The molecule has 0 bridgehead atoms. The molecule has 2 heterocycles. The van der Waals surface area contributed by atoms with Crippen molar-refractivity contribution in [2.24, 2.45) is 0 Å². The lowest BCUT2D eigenvalue weighted by Gasteiger charge is -2.17. The number of nitrogens with one attached hydrogen (secondary N) is 1. The van der Waals surface area contributed by atoms with E-state index in [0.717, 1.165) is 29.3 Å². The Balaban J connectivity index is 1.66. The number of aromatic nitrogens is 1. The largest absolute Gasteiger partial charge is 0.506 e. The van der Waals surface area contributed by atoms with Crippen LogP contribution in [0.4, 0.5) is 5.69 Å². The van der Waals surface area contributed by atoms with Crippen molar-refractivity contribution in [1.82, 2.24) is 9.29 Å². The van der Waals surface area contributed by atoms with E-state index in [2.05, 4.69) is 10.3 Å². The number of amides is 1. The smallest absolute Gasteiger partial charge is 0.257 e. The van der Waals surface area contributed by atoms with Crippen LogP contribution in [0.3, 0.4) is 0 Å². The molecule has 1 saturated heterocycles. The Bertz CT molecular complexity index is 1250. The number of hydrogen-bond donors (Lipinski definition) is 2. The van der Waals surface area contributed by atoms with Gasteiger partial charge >= 0.3 is 0 Å². The van der Waals surface area contributed by atoms with Crippen molar-refractivity contribution in [3.05, 3.63) is 59.3 Å². The first-order valence-electron chi connectivity index (χ1n) is 9.78. The third-order valence-corrected chi connectivity index (χ3v) is 7.22. The average Bonchev–Trinajstić information content (AvgIpc) is 3.25. The summed E-state index contributed by atoms with van der Waals surface area (Å²) in [5, 5.41) is 13.7. The number of rotatable bonds is 4. The number of fused-ring (bicyclic) bond motifs is 1. The molecule has 4 rings (SSSR count).